The van der Waals surface area contributed by atoms with Gasteiger partial charge in [-0.05, 0) is 56.3 Å². The first-order chi connectivity index (χ1) is 12.2. The number of rotatable bonds is 6. The number of amides is 1. The highest BCUT2D eigenvalue weighted by molar-refractivity contribution is 9.10. The summed E-state index contributed by atoms with van der Waals surface area (Å²) in [5.41, 5.74) is 1.80. The summed E-state index contributed by atoms with van der Waals surface area (Å²) >= 11 is 3.40. The standard InChI is InChI=1S/C20H23BrN2O2/c1-25-19-7-3-2-6-17(19)18(23-12-4-5-13-23)14-22-20(24)15-8-10-16(21)11-9-15/h2-3,6-11,18H,4-5,12-14H2,1H3,(H,22,24). The van der Waals surface area contributed by atoms with Crippen LogP contribution in [-0.2, 0) is 0 Å². The average Bonchev–Trinajstić information content (AvgIpc) is 3.17. The van der Waals surface area contributed by atoms with Crippen LogP contribution in [0.2, 0.25) is 0 Å². The van der Waals surface area contributed by atoms with Crippen molar-refractivity contribution in [1.29, 1.82) is 0 Å². The van der Waals surface area contributed by atoms with Crippen LogP contribution in [0.5, 0.6) is 5.75 Å². The summed E-state index contributed by atoms with van der Waals surface area (Å²) in [6, 6.07) is 15.6. The monoisotopic (exact) mass is 402 g/mol. The molecule has 1 saturated heterocycles. The minimum absolute atomic E-state index is 0.0494. The van der Waals surface area contributed by atoms with Crippen LogP contribution in [0.25, 0.3) is 0 Å². The Hall–Kier alpha value is -1.85. The molecule has 2 aromatic rings. The number of para-hydroxylation sites is 1. The third-order valence-corrected chi connectivity index (χ3v) is 5.17. The SMILES string of the molecule is COc1ccccc1C(CNC(=O)c1ccc(Br)cc1)N1CCCC1. The van der Waals surface area contributed by atoms with Crippen LogP contribution in [0.15, 0.2) is 53.0 Å². The van der Waals surface area contributed by atoms with Crippen LogP contribution >= 0.6 is 15.9 Å². The van der Waals surface area contributed by atoms with Gasteiger partial charge < -0.3 is 10.1 Å². The Labute approximate surface area is 157 Å². The fourth-order valence-electron chi connectivity index (χ4n) is 3.32. The predicted octanol–water partition coefficient (Wildman–Crippen LogP) is 4.02. The topological polar surface area (TPSA) is 41.6 Å². The lowest BCUT2D eigenvalue weighted by Crippen LogP contribution is -2.37. The van der Waals surface area contributed by atoms with E-state index in [0.29, 0.717) is 12.1 Å². The molecule has 1 atom stereocenters. The number of halogens is 1. The van der Waals surface area contributed by atoms with Gasteiger partial charge in [0, 0.05) is 22.1 Å². The van der Waals surface area contributed by atoms with Gasteiger partial charge in [-0.25, -0.2) is 0 Å². The van der Waals surface area contributed by atoms with Gasteiger partial charge in [0.1, 0.15) is 5.75 Å². The second-order valence-corrected chi connectivity index (χ2v) is 7.13. The van der Waals surface area contributed by atoms with Crippen LogP contribution in [0, 0.1) is 0 Å². The summed E-state index contributed by atoms with van der Waals surface area (Å²) in [4.78, 5) is 14.9. The molecule has 1 aliphatic rings. The molecule has 1 fully saturated rings. The number of ether oxygens (including phenoxy) is 1. The quantitative estimate of drug-likeness (QED) is 0.792. The normalized spacial score (nSPS) is 15.8. The highest BCUT2D eigenvalue weighted by Crippen LogP contribution is 2.31. The predicted molar refractivity (Wildman–Crippen MR) is 103 cm³/mol. The fourth-order valence-corrected chi connectivity index (χ4v) is 3.59. The van der Waals surface area contributed by atoms with E-state index in [-0.39, 0.29) is 11.9 Å². The van der Waals surface area contributed by atoms with Crippen molar-refractivity contribution in [1.82, 2.24) is 10.2 Å². The summed E-state index contributed by atoms with van der Waals surface area (Å²) in [5, 5.41) is 3.09. The second-order valence-electron chi connectivity index (χ2n) is 6.22. The summed E-state index contributed by atoms with van der Waals surface area (Å²) in [7, 11) is 1.69. The maximum atomic E-state index is 12.5. The van der Waals surface area contributed by atoms with Crippen molar-refractivity contribution in [2.24, 2.45) is 0 Å². The van der Waals surface area contributed by atoms with Gasteiger partial charge in [0.15, 0.2) is 0 Å². The van der Waals surface area contributed by atoms with Gasteiger partial charge in [0.2, 0.25) is 0 Å². The smallest absolute Gasteiger partial charge is 0.251 e. The van der Waals surface area contributed by atoms with Crippen molar-refractivity contribution < 1.29 is 9.53 Å². The lowest BCUT2D eigenvalue weighted by atomic mass is 10.0. The maximum Gasteiger partial charge on any atom is 0.251 e. The van der Waals surface area contributed by atoms with Crippen LogP contribution in [0.1, 0.15) is 34.8 Å². The highest BCUT2D eigenvalue weighted by atomic mass is 79.9. The summed E-state index contributed by atoms with van der Waals surface area (Å²) in [6.07, 6.45) is 2.40. The minimum Gasteiger partial charge on any atom is -0.496 e. The van der Waals surface area contributed by atoms with Crippen LogP contribution in [0.4, 0.5) is 0 Å². The average molecular weight is 403 g/mol. The van der Waals surface area contributed by atoms with Crippen LogP contribution < -0.4 is 10.1 Å². The number of hydrogen-bond donors (Lipinski definition) is 1. The van der Waals surface area contributed by atoms with Crippen molar-refractivity contribution in [3.8, 4) is 5.75 Å². The third-order valence-electron chi connectivity index (χ3n) is 4.64. The largest absolute Gasteiger partial charge is 0.496 e. The van der Waals surface area contributed by atoms with E-state index in [1.807, 2.05) is 42.5 Å². The molecular weight excluding hydrogens is 380 g/mol. The zero-order valence-corrected chi connectivity index (χ0v) is 16.0. The number of hydrogen-bond acceptors (Lipinski definition) is 3. The van der Waals surface area contributed by atoms with E-state index in [1.165, 1.54) is 12.8 Å². The molecule has 2 aromatic carbocycles. The first-order valence-corrected chi connectivity index (χ1v) is 9.39. The van der Waals surface area contributed by atoms with Crippen molar-refractivity contribution in [2.45, 2.75) is 18.9 Å². The van der Waals surface area contributed by atoms with Crippen molar-refractivity contribution in [3.63, 3.8) is 0 Å². The molecule has 3 rings (SSSR count). The molecule has 1 heterocycles. The minimum atomic E-state index is -0.0494. The zero-order chi connectivity index (χ0) is 17.6. The fraction of sp³-hybridized carbons (Fsp3) is 0.350. The van der Waals surface area contributed by atoms with Gasteiger partial charge in [-0.15, -0.1) is 0 Å². The first kappa shape index (κ1) is 18.0. The molecule has 25 heavy (non-hydrogen) atoms. The molecule has 0 aliphatic carbocycles. The molecule has 0 aromatic heterocycles. The molecule has 0 radical (unpaired) electrons. The molecule has 0 saturated carbocycles. The Morgan fingerprint density at radius 1 is 1.16 bits per heavy atom. The summed E-state index contributed by atoms with van der Waals surface area (Å²) < 4.78 is 6.51. The molecule has 132 valence electrons. The highest BCUT2D eigenvalue weighted by Gasteiger charge is 2.26. The number of methoxy groups -OCH3 is 1. The van der Waals surface area contributed by atoms with Gasteiger partial charge in [-0.1, -0.05) is 34.1 Å². The molecule has 4 nitrogen and oxygen atoms in total. The van der Waals surface area contributed by atoms with E-state index in [0.717, 1.165) is 28.9 Å². The molecule has 0 spiro atoms. The lowest BCUT2D eigenvalue weighted by Gasteiger charge is -2.29. The number of likely N-dealkylation sites (tertiary alicyclic amines) is 1. The maximum absolute atomic E-state index is 12.5. The summed E-state index contributed by atoms with van der Waals surface area (Å²) in [5.74, 6) is 0.823. The molecule has 0 bridgehead atoms. The first-order valence-electron chi connectivity index (χ1n) is 8.60. The second kappa shape index (κ2) is 8.50. The van der Waals surface area contributed by atoms with E-state index in [2.05, 4.69) is 32.2 Å². The van der Waals surface area contributed by atoms with E-state index in [9.17, 15) is 4.79 Å². The van der Waals surface area contributed by atoms with Crippen LogP contribution in [-0.4, -0.2) is 37.6 Å². The zero-order valence-electron chi connectivity index (χ0n) is 14.4. The Bertz CT molecular complexity index is 712. The van der Waals surface area contributed by atoms with Gasteiger partial charge in [-0.3, -0.25) is 9.69 Å². The molecular formula is C20H23BrN2O2. The molecule has 1 amide bonds. The van der Waals surface area contributed by atoms with E-state index < -0.39 is 0 Å². The van der Waals surface area contributed by atoms with Gasteiger partial charge in [0.25, 0.3) is 5.91 Å². The van der Waals surface area contributed by atoms with E-state index in [1.54, 1.807) is 7.11 Å². The Kier molecular flexibility index (Phi) is 6.10. The molecule has 1 N–H and O–H groups in total. The third kappa shape index (κ3) is 4.41. The lowest BCUT2D eigenvalue weighted by molar-refractivity contribution is 0.0937. The molecule has 1 aliphatic heterocycles. The summed E-state index contributed by atoms with van der Waals surface area (Å²) in [6.45, 7) is 2.67. The van der Waals surface area contributed by atoms with Gasteiger partial charge in [-0.2, -0.15) is 0 Å². The van der Waals surface area contributed by atoms with Crippen molar-refractivity contribution >= 4 is 21.8 Å². The van der Waals surface area contributed by atoms with E-state index in [4.69, 9.17) is 4.74 Å². The number of carbonyl (C=O) groups is 1. The Balaban J connectivity index is 1.76. The van der Waals surface area contributed by atoms with Crippen molar-refractivity contribution in [2.75, 3.05) is 26.7 Å². The molecule has 5 heteroatoms. The van der Waals surface area contributed by atoms with Gasteiger partial charge >= 0.3 is 0 Å². The van der Waals surface area contributed by atoms with E-state index >= 15 is 0 Å². The van der Waals surface area contributed by atoms with Gasteiger partial charge in [0.05, 0.1) is 13.2 Å². The number of nitrogens with one attached hydrogen (secondary N) is 1. The number of benzene rings is 2. The van der Waals surface area contributed by atoms with Crippen molar-refractivity contribution in [3.05, 3.63) is 64.1 Å². The van der Waals surface area contributed by atoms with Crippen LogP contribution in [0.3, 0.4) is 0 Å². The number of carbonyl (C=O) groups excluding carboxylic acids is 1. The Morgan fingerprint density at radius 2 is 1.84 bits per heavy atom. The Morgan fingerprint density at radius 3 is 2.52 bits per heavy atom. The number of nitrogens with zero attached hydrogens (tertiary/aromatic N) is 1. The molecule has 1 unspecified atom stereocenters.